The van der Waals surface area contributed by atoms with Gasteiger partial charge in [0.1, 0.15) is 18.2 Å². The summed E-state index contributed by atoms with van der Waals surface area (Å²) >= 11 is 0. The van der Waals surface area contributed by atoms with Crippen LogP contribution in [0.15, 0.2) is 52.9 Å². The minimum absolute atomic E-state index is 0.0596. The molecular weight excluding hydrogens is 390 g/mol. The molecule has 0 bridgehead atoms. The third kappa shape index (κ3) is 4.12. The van der Waals surface area contributed by atoms with Crippen LogP contribution < -0.4 is 15.8 Å². The number of sulfonamides is 1. The normalized spacial score (nSPS) is 19.1. The highest BCUT2D eigenvalue weighted by molar-refractivity contribution is 7.89. The molecule has 0 radical (unpaired) electrons. The summed E-state index contributed by atoms with van der Waals surface area (Å²) in [5.74, 6) is 0.101. The summed E-state index contributed by atoms with van der Waals surface area (Å²) in [6.07, 6.45) is 3.65. The van der Waals surface area contributed by atoms with Gasteiger partial charge in [0.05, 0.1) is 16.9 Å². The van der Waals surface area contributed by atoms with E-state index in [9.17, 15) is 13.2 Å². The Morgan fingerprint density at radius 2 is 1.83 bits per heavy atom. The summed E-state index contributed by atoms with van der Waals surface area (Å²) in [4.78, 5) is 12.7. The lowest BCUT2D eigenvalue weighted by atomic mass is 9.97. The monoisotopic (exact) mass is 413 g/mol. The average Bonchev–Trinajstić information content (AvgIpc) is 3.14. The molecule has 2 aromatic carbocycles. The van der Waals surface area contributed by atoms with E-state index in [1.165, 1.54) is 0 Å². The van der Waals surface area contributed by atoms with E-state index < -0.39 is 15.6 Å². The zero-order valence-electron chi connectivity index (χ0n) is 15.9. The fourth-order valence-electron chi connectivity index (χ4n) is 4.01. The van der Waals surface area contributed by atoms with Gasteiger partial charge >= 0.3 is 0 Å². The van der Waals surface area contributed by atoms with Crippen molar-refractivity contribution in [2.24, 2.45) is 10.1 Å². The SMILES string of the molecule is NC1=NS(=O)(=O)Cc2cccc(OCC3(NC(=O)c4ccccc4)CCCC3)c21. The van der Waals surface area contributed by atoms with E-state index in [0.29, 0.717) is 22.4 Å². The molecule has 1 aliphatic carbocycles. The van der Waals surface area contributed by atoms with Crippen LogP contribution in [0.3, 0.4) is 0 Å². The van der Waals surface area contributed by atoms with Crippen molar-refractivity contribution in [1.29, 1.82) is 0 Å². The first-order chi connectivity index (χ1) is 13.9. The Morgan fingerprint density at radius 3 is 2.55 bits per heavy atom. The molecule has 0 spiro atoms. The third-order valence-corrected chi connectivity index (χ3v) is 6.57. The standard InChI is InChI=1S/C21H23N3O4S/c22-19-18-16(13-29(26,27)24-19)9-6-10-17(18)28-14-21(11-4-5-12-21)23-20(25)15-7-2-1-3-8-15/h1-3,6-10H,4-5,11-14H2,(H2,22,24)(H,23,25). The Morgan fingerprint density at radius 1 is 1.10 bits per heavy atom. The Kier molecular flexibility index (Phi) is 5.04. The molecule has 0 unspecified atom stereocenters. The van der Waals surface area contributed by atoms with E-state index in [2.05, 4.69) is 9.71 Å². The van der Waals surface area contributed by atoms with Crippen LogP contribution in [0.25, 0.3) is 0 Å². The molecule has 29 heavy (non-hydrogen) atoms. The van der Waals surface area contributed by atoms with Crippen molar-refractivity contribution < 1.29 is 17.9 Å². The molecule has 2 aliphatic rings. The lowest BCUT2D eigenvalue weighted by Crippen LogP contribution is -2.50. The molecule has 0 aromatic heterocycles. The summed E-state index contributed by atoms with van der Waals surface area (Å²) in [5, 5.41) is 3.16. The van der Waals surface area contributed by atoms with Crippen LogP contribution in [-0.2, 0) is 15.8 Å². The summed E-state index contributed by atoms with van der Waals surface area (Å²) in [6.45, 7) is 0.280. The molecule has 1 fully saturated rings. The van der Waals surface area contributed by atoms with Crippen LogP contribution in [0.1, 0.15) is 47.2 Å². The molecule has 2 aromatic rings. The van der Waals surface area contributed by atoms with Gasteiger partial charge in [-0.2, -0.15) is 0 Å². The van der Waals surface area contributed by atoms with Gasteiger partial charge in [-0.25, -0.2) is 8.42 Å². The number of nitrogens with zero attached hydrogens (tertiary/aromatic N) is 1. The van der Waals surface area contributed by atoms with Gasteiger partial charge in [0.25, 0.3) is 15.9 Å². The summed E-state index contributed by atoms with van der Waals surface area (Å²) < 4.78 is 33.4. The number of ether oxygens (including phenoxy) is 1. The predicted octanol–water partition coefficient (Wildman–Crippen LogP) is 2.36. The van der Waals surface area contributed by atoms with Crippen molar-refractivity contribution in [3.8, 4) is 5.75 Å². The minimum Gasteiger partial charge on any atom is -0.490 e. The number of hydrogen-bond donors (Lipinski definition) is 2. The molecule has 4 rings (SSSR count). The molecule has 3 N–H and O–H groups in total. The van der Waals surface area contributed by atoms with Crippen LogP contribution in [0.4, 0.5) is 0 Å². The number of carbonyl (C=O) groups is 1. The number of nitrogens with two attached hydrogens (primary N) is 1. The highest BCUT2D eigenvalue weighted by atomic mass is 32.2. The molecule has 0 saturated heterocycles. The highest BCUT2D eigenvalue weighted by Gasteiger charge is 2.37. The van der Waals surface area contributed by atoms with Crippen molar-refractivity contribution in [1.82, 2.24) is 5.32 Å². The second kappa shape index (κ2) is 7.51. The first-order valence-corrected chi connectivity index (χ1v) is 11.2. The van der Waals surface area contributed by atoms with E-state index in [1.54, 1.807) is 30.3 Å². The third-order valence-electron chi connectivity index (χ3n) is 5.42. The van der Waals surface area contributed by atoms with E-state index in [-0.39, 0.29) is 24.1 Å². The number of hydrogen-bond acceptors (Lipinski definition) is 5. The quantitative estimate of drug-likeness (QED) is 0.782. The van der Waals surface area contributed by atoms with Gasteiger partial charge in [-0.1, -0.05) is 43.2 Å². The molecule has 1 amide bonds. The molecule has 1 aliphatic heterocycles. The molecule has 1 saturated carbocycles. The van der Waals surface area contributed by atoms with Crippen LogP contribution in [-0.4, -0.2) is 32.3 Å². The van der Waals surface area contributed by atoms with Gasteiger partial charge in [0.15, 0.2) is 0 Å². The summed E-state index contributed by atoms with van der Waals surface area (Å²) in [7, 11) is -3.60. The topological polar surface area (TPSA) is 111 Å². The molecular formula is C21H23N3O4S. The molecule has 1 heterocycles. The van der Waals surface area contributed by atoms with Crippen molar-refractivity contribution in [2.45, 2.75) is 37.0 Å². The zero-order valence-corrected chi connectivity index (χ0v) is 16.7. The number of fused-ring (bicyclic) bond motifs is 1. The van der Waals surface area contributed by atoms with Crippen molar-refractivity contribution in [3.63, 3.8) is 0 Å². The minimum atomic E-state index is -3.60. The van der Waals surface area contributed by atoms with Crippen molar-refractivity contribution in [2.75, 3.05) is 6.61 Å². The molecule has 152 valence electrons. The Bertz CT molecular complexity index is 1060. The number of amidine groups is 1. The molecule has 8 heteroatoms. The first-order valence-electron chi connectivity index (χ1n) is 9.58. The lowest BCUT2D eigenvalue weighted by molar-refractivity contribution is 0.0854. The second-order valence-electron chi connectivity index (χ2n) is 7.59. The van der Waals surface area contributed by atoms with Gasteiger partial charge in [-0.05, 0) is 36.6 Å². The molecule has 0 atom stereocenters. The first kappa shape index (κ1) is 19.4. The van der Waals surface area contributed by atoms with Crippen LogP contribution in [0, 0.1) is 0 Å². The maximum Gasteiger partial charge on any atom is 0.259 e. The van der Waals surface area contributed by atoms with Crippen LogP contribution in [0.5, 0.6) is 5.75 Å². The summed E-state index contributed by atoms with van der Waals surface area (Å²) in [5.41, 5.74) is 7.15. The van der Waals surface area contributed by atoms with E-state index >= 15 is 0 Å². The van der Waals surface area contributed by atoms with Gasteiger partial charge in [-0.3, -0.25) is 4.79 Å². The van der Waals surface area contributed by atoms with Gasteiger partial charge in [0, 0.05) is 5.56 Å². The lowest BCUT2D eigenvalue weighted by Gasteiger charge is -2.31. The second-order valence-corrected chi connectivity index (χ2v) is 9.22. The fraction of sp³-hybridized carbons (Fsp3) is 0.333. The number of amides is 1. The average molecular weight is 413 g/mol. The van der Waals surface area contributed by atoms with Crippen molar-refractivity contribution >= 4 is 21.8 Å². The zero-order chi connectivity index (χ0) is 20.5. The Hall–Kier alpha value is -2.87. The molecule has 7 nitrogen and oxygen atoms in total. The van der Waals surface area contributed by atoms with Gasteiger partial charge in [-0.15, -0.1) is 4.40 Å². The van der Waals surface area contributed by atoms with Gasteiger partial charge < -0.3 is 15.8 Å². The fourth-order valence-corrected chi connectivity index (χ4v) is 5.10. The number of nitrogens with one attached hydrogen (secondary N) is 1. The number of rotatable bonds is 5. The van der Waals surface area contributed by atoms with Crippen LogP contribution >= 0.6 is 0 Å². The predicted molar refractivity (Wildman–Crippen MR) is 110 cm³/mol. The largest absolute Gasteiger partial charge is 0.490 e. The number of benzene rings is 2. The Balaban J connectivity index is 1.55. The van der Waals surface area contributed by atoms with E-state index in [4.69, 9.17) is 10.5 Å². The van der Waals surface area contributed by atoms with E-state index in [0.717, 1.165) is 25.7 Å². The maximum absolute atomic E-state index is 12.7. The maximum atomic E-state index is 12.7. The highest BCUT2D eigenvalue weighted by Crippen LogP contribution is 2.33. The summed E-state index contributed by atoms with van der Waals surface area (Å²) in [6, 6.07) is 14.3. The smallest absolute Gasteiger partial charge is 0.259 e. The van der Waals surface area contributed by atoms with E-state index in [1.807, 2.05) is 18.2 Å². The Labute approximate surface area is 170 Å². The van der Waals surface area contributed by atoms with Gasteiger partial charge in [0.2, 0.25) is 0 Å². The van der Waals surface area contributed by atoms with Crippen LogP contribution in [0.2, 0.25) is 0 Å². The number of carbonyl (C=O) groups excluding carboxylic acids is 1. The van der Waals surface area contributed by atoms with Crippen molar-refractivity contribution in [3.05, 3.63) is 65.2 Å².